The third kappa shape index (κ3) is 4.57. The van der Waals surface area contributed by atoms with Crippen molar-refractivity contribution in [3.63, 3.8) is 0 Å². The van der Waals surface area contributed by atoms with Gasteiger partial charge in [-0.15, -0.1) is 6.42 Å². The van der Waals surface area contributed by atoms with Crippen molar-refractivity contribution in [1.29, 1.82) is 0 Å². The highest BCUT2D eigenvalue weighted by molar-refractivity contribution is 6.04. The topological polar surface area (TPSA) is 75.4 Å². The zero-order valence-corrected chi connectivity index (χ0v) is 17.6. The Hall–Kier alpha value is -3.47. The van der Waals surface area contributed by atoms with E-state index in [1.807, 2.05) is 6.92 Å². The first-order valence-corrected chi connectivity index (χ1v) is 10.3. The Bertz CT molecular complexity index is 1060. The van der Waals surface area contributed by atoms with Crippen LogP contribution in [0.5, 0.6) is 0 Å². The van der Waals surface area contributed by atoms with E-state index in [0.29, 0.717) is 31.4 Å². The van der Waals surface area contributed by atoms with Gasteiger partial charge < -0.3 is 16.0 Å². The maximum absolute atomic E-state index is 14.1. The molecular formula is C24H24F3N3O2. The molecule has 2 amide bonds. The zero-order valence-electron chi connectivity index (χ0n) is 17.6. The second-order valence-electron chi connectivity index (χ2n) is 7.61. The molecule has 1 fully saturated rings. The molecule has 0 aromatic heterocycles. The molecule has 3 rings (SSSR count). The minimum Gasteiger partial charge on any atom is -0.368 e. The molecule has 8 heteroatoms. The quantitative estimate of drug-likeness (QED) is 0.616. The van der Waals surface area contributed by atoms with Gasteiger partial charge in [0.1, 0.15) is 6.04 Å². The number of carbonyl (C=O) groups is 2. The van der Waals surface area contributed by atoms with E-state index in [-0.39, 0.29) is 40.4 Å². The number of anilines is 2. The molecule has 0 spiro atoms. The molecule has 0 radical (unpaired) electrons. The van der Waals surface area contributed by atoms with Crippen molar-refractivity contribution in [2.45, 2.75) is 44.8 Å². The highest BCUT2D eigenvalue weighted by Crippen LogP contribution is 2.42. The number of carbonyl (C=O) groups excluding carboxylic acids is 2. The second-order valence-corrected chi connectivity index (χ2v) is 7.61. The lowest BCUT2D eigenvalue weighted by molar-refractivity contribution is -0.144. The number of primary amides is 1. The van der Waals surface area contributed by atoms with Crippen molar-refractivity contribution in [3.05, 3.63) is 58.7 Å². The summed E-state index contributed by atoms with van der Waals surface area (Å²) in [7, 11) is 0. The van der Waals surface area contributed by atoms with E-state index < -0.39 is 18.1 Å². The summed E-state index contributed by atoms with van der Waals surface area (Å²) in [6.45, 7) is 2.17. The first-order chi connectivity index (χ1) is 15.2. The first kappa shape index (κ1) is 23.2. The predicted octanol–water partition coefficient (Wildman–Crippen LogP) is 4.56. The molecule has 1 aliphatic heterocycles. The van der Waals surface area contributed by atoms with Crippen LogP contribution in [0.2, 0.25) is 0 Å². The third-order valence-electron chi connectivity index (χ3n) is 5.44. The van der Waals surface area contributed by atoms with Crippen molar-refractivity contribution >= 4 is 23.2 Å². The Morgan fingerprint density at radius 1 is 1.31 bits per heavy atom. The van der Waals surface area contributed by atoms with Gasteiger partial charge in [-0.25, -0.2) is 0 Å². The number of benzene rings is 2. The molecule has 5 nitrogen and oxygen atoms in total. The van der Waals surface area contributed by atoms with Crippen LogP contribution in [0.4, 0.5) is 24.5 Å². The van der Waals surface area contributed by atoms with Gasteiger partial charge in [-0.05, 0) is 30.0 Å². The maximum atomic E-state index is 14.1. The summed E-state index contributed by atoms with van der Waals surface area (Å²) in [4.78, 5) is 26.0. The Labute approximate surface area is 184 Å². The molecule has 1 atom stereocenters. The summed E-state index contributed by atoms with van der Waals surface area (Å²) >= 11 is 0. The number of hydrogen-bond acceptors (Lipinski definition) is 3. The highest BCUT2D eigenvalue weighted by atomic mass is 19.4. The van der Waals surface area contributed by atoms with Crippen LogP contribution in [0.15, 0.2) is 36.4 Å². The van der Waals surface area contributed by atoms with Crippen LogP contribution >= 0.6 is 0 Å². The van der Waals surface area contributed by atoms with Crippen LogP contribution in [-0.4, -0.2) is 24.5 Å². The SMILES string of the molecule is C#Cc1c(CCC)c(C(N)=O)cc(N2CCCC2=O)c1NC(c1ccccc1)C(F)(F)F. The van der Waals surface area contributed by atoms with Gasteiger partial charge in [-0.1, -0.05) is 49.6 Å². The van der Waals surface area contributed by atoms with Crippen LogP contribution in [0, 0.1) is 12.3 Å². The molecule has 168 valence electrons. The van der Waals surface area contributed by atoms with E-state index in [9.17, 15) is 22.8 Å². The van der Waals surface area contributed by atoms with Gasteiger partial charge in [-0.3, -0.25) is 9.59 Å². The Morgan fingerprint density at radius 3 is 2.50 bits per heavy atom. The number of alkyl halides is 3. The largest absolute Gasteiger partial charge is 0.412 e. The number of nitrogens with one attached hydrogen (secondary N) is 1. The molecule has 32 heavy (non-hydrogen) atoms. The first-order valence-electron chi connectivity index (χ1n) is 10.3. The third-order valence-corrected chi connectivity index (χ3v) is 5.44. The standard InChI is InChI=1S/C24H24F3N3O2/c1-3-9-17-16(4-2)21(29-22(24(25,26)27)15-10-6-5-7-11-15)19(14-18(17)23(28)32)30-13-8-12-20(30)31/h2,5-7,10-11,14,22,29H,3,8-9,12-13H2,1H3,(H2,28,32). The Balaban J connectivity index is 2.28. The second kappa shape index (κ2) is 9.35. The predicted molar refractivity (Wildman–Crippen MR) is 117 cm³/mol. The van der Waals surface area contributed by atoms with Crippen molar-refractivity contribution in [2.24, 2.45) is 5.73 Å². The minimum atomic E-state index is -4.65. The van der Waals surface area contributed by atoms with E-state index in [1.165, 1.54) is 35.2 Å². The van der Waals surface area contributed by atoms with Gasteiger partial charge in [0.15, 0.2) is 0 Å². The van der Waals surface area contributed by atoms with Crippen LogP contribution < -0.4 is 16.0 Å². The lowest BCUT2D eigenvalue weighted by Crippen LogP contribution is -2.31. The number of halogens is 3. The summed E-state index contributed by atoms with van der Waals surface area (Å²) in [6.07, 6.45) is 2.86. The molecule has 0 saturated carbocycles. The van der Waals surface area contributed by atoms with Crippen LogP contribution in [-0.2, 0) is 11.2 Å². The van der Waals surface area contributed by atoms with Crippen LogP contribution in [0.1, 0.15) is 59.3 Å². The van der Waals surface area contributed by atoms with Gasteiger partial charge in [0.25, 0.3) is 0 Å². The number of rotatable bonds is 7. The van der Waals surface area contributed by atoms with E-state index in [0.717, 1.165) is 0 Å². The van der Waals surface area contributed by atoms with Crippen molar-refractivity contribution in [1.82, 2.24) is 0 Å². The van der Waals surface area contributed by atoms with Crippen molar-refractivity contribution in [3.8, 4) is 12.3 Å². The van der Waals surface area contributed by atoms with Gasteiger partial charge in [0.2, 0.25) is 11.8 Å². The monoisotopic (exact) mass is 443 g/mol. The minimum absolute atomic E-state index is 0.00214. The van der Waals surface area contributed by atoms with Gasteiger partial charge >= 0.3 is 6.18 Å². The maximum Gasteiger partial charge on any atom is 0.412 e. The fourth-order valence-electron chi connectivity index (χ4n) is 4.00. The smallest absolute Gasteiger partial charge is 0.368 e. The van der Waals surface area contributed by atoms with Crippen LogP contribution in [0.3, 0.4) is 0 Å². The van der Waals surface area contributed by atoms with Gasteiger partial charge in [0, 0.05) is 18.5 Å². The van der Waals surface area contributed by atoms with Crippen molar-refractivity contribution < 1.29 is 22.8 Å². The van der Waals surface area contributed by atoms with E-state index in [2.05, 4.69) is 11.2 Å². The number of nitrogens with two attached hydrogens (primary N) is 1. The number of nitrogens with zero attached hydrogens (tertiary/aromatic N) is 1. The Kier molecular flexibility index (Phi) is 6.78. The average molecular weight is 443 g/mol. The van der Waals surface area contributed by atoms with Gasteiger partial charge in [-0.2, -0.15) is 13.2 Å². The number of amides is 2. The molecule has 3 N–H and O–H groups in total. The summed E-state index contributed by atoms with van der Waals surface area (Å²) in [5.41, 5.74) is 6.33. The summed E-state index contributed by atoms with van der Waals surface area (Å²) in [5.74, 6) is 1.45. The molecule has 1 heterocycles. The summed E-state index contributed by atoms with van der Waals surface area (Å²) < 4.78 is 42.3. The van der Waals surface area contributed by atoms with Crippen LogP contribution in [0.25, 0.3) is 0 Å². The normalized spacial score (nSPS) is 14.8. The van der Waals surface area contributed by atoms with Crippen molar-refractivity contribution in [2.75, 3.05) is 16.8 Å². The molecule has 1 aliphatic rings. The lowest BCUT2D eigenvalue weighted by atomic mass is 9.92. The Morgan fingerprint density at radius 2 is 2.00 bits per heavy atom. The fourth-order valence-corrected chi connectivity index (χ4v) is 4.00. The van der Waals surface area contributed by atoms with E-state index in [1.54, 1.807) is 6.07 Å². The zero-order chi connectivity index (χ0) is 23.5. The number of terminal acetylenes is 1. The van der Waals surface area contributed by atoms with E-state index >= 15 is 0 Å². The molecule has 2 aromatic rings. The number of hydrogen-bond donors (Lipinski definition) is 2. The van der Waals surface area contributed by atoms with Gasteiger partial charge in [0.05, 0.1) is 16.9 Å². The fraction of sp³-hybridized carbons (Fsp3) is 0.333. The lowest BCUT2D eigenvalue weighted by Gasteiger charge is -2.29. The molecule has 0 aliphatic carbocycles. The molecular weight excluding hydrogens is 419 g/mol. The average Bonchev–Trinajstić information content (AvgIpc) is 3.17. The van der Waals surface area contributed by atoms with E-state index in [4.69, 9.17) is 12.2 Å². The summed E-state index contributed by atoms with van der Waals surface area (Å²) in [6, 6.07) is 6.71. The molecule has 0 bridgehead atoms. The summed E-state index contributed by atoms with van der Waals surface area (Å²) in [5, 5.41) is 2.57. The molecule has 1 unspecified atom stereocenters. The molecule has 1 saturated heterocycles. The highest BCUT2D eigenvalue weighted by Gasteiger charge is 2.42. The molecule has 2 aromatic carbocycles.